The second-order valence-electron chi connectivity index (χ2n) is 5.87. The molecule has 19 heavy (non-hydrogen) atoms. The van der Waals surface area contributed by atoms with E-state index in [1.807, 2.05) is 27.0 Å². The molecule has 1 aliphatic rings. The van der Waals surface area contributed by atoms with Crippen LogP contribution in [0.1, 0.15) is 44.4 Å². The van der Waals surface area contributed by atoms with Gasteiger partial charge in [0.05, 0.1) is 0 Å². The van der Waals surface area contributed by atoms with Crippen LogP contribution >= 0.6 is 11.3 Å². The zero-order chi connectivity index (χ0) is 14.0. The van der Waals surface area contributed by atoms with Gasteiger partial charge in [-0.1, -0.05) is 0 Å². The molecular weight excluding hydrogens is 262 g/mol. The summed E-state index contributed by atoms with van der Waals surface area (Å²) in [5, 5.41) is 0.587. The predicted octanol–water partition coefficient (Wildman–Crippen LogP) is 2.84. The van der Waals surface area contributed by atoms with Crippen molar-refractivity contribution < 1.29 is 9.53 Å². The number of amides is 1. The van der Waals surface area contributed by atoms with Crippen molar-refractivity contribution in [2.24, 2.45) is 0 Å². The lowest BCUT2D eigenvalue weighted by molar-refractivity contribution is 0.0199. The Balaban J connectivity index is 1.99. The van der Waals surface area contributed by atoms with Gasteiger partial charge in [-0.15, -0.1) is 11.3 Å². The van der Waals surface area contributed by atoms with E-state index in [2.05, 4.69) is 4.98 Å². The van der Waals surface area contributed by atoms with Crippen LogP contribution in [0, 0.1) is 0 Å². The molecule has 1 saturated heterocycles. The van der Waals surface area contributed by atoms with Crippen molar-refractivity contribution in [1.82, 2.24) is 9.88 Å². The van der Waals surface area contributed by atoms with Crippen LogP contribution in [-0.2, 0) is 4.74 Å². The molecule has 0 spiro atoms. The Morgan fingerprint density at radius 2 is 2.32 bits per heavy atom. The Morgan fingerprint density at radius 1 is 1.58 bits per heavy atom. The molecule has 1 amide bonds. The lowest BCUT2D eigenvalue weighted by Crippen LogP contribution is -2.42. The standard InChI is InChI=1S/C13H21N3O2S/c1-13(2,3)18-12(17)16-6-4-5-9(8-16)10-7-15-11(14)19-10/h7,9H,4-6,8H2,1-3H3,(H2,14,15). The Morgan fingerprint density at radius 3 is 2.89 bits per heavy atom. The molecule has 1 unspecified atom stereocenters. The summed E-state index contributed by atoms with van der Waals surface area (Å²) in [5.41, 5.74) is 5.22. The quantitative estimate of drug-likeness (QED) is 0.860. The molecule has 5 nitrogen and oxygen atoms in total. The van der Waals surface area contributed by atoms with E-state index in [0.29, 0.717) is 17.6 Å². The predicted molar refractivity (Wildman–Crippen MR) is 76.3 cm³/mol. The lowest BCUT2D eigenvalue weighted by atomic mass is 9.97. The van der Waals surface area contributed by atoms with Crippen LogP contribution in [-0.4, -0.2) is 34.7 Å². The van der Waals surface area contributed by atoms with Crippen LogP contribution in [0.3, 0.4) is 0 Å². The van der Waals surface area contributed by atoms with Crippen LogP contribution in [0.2, 0.25) is 0 Å². The van der Waals surface area contributed by atoms with Crippen molar-refractivity contribution in [3.05, 3.63) is 11.1 Å². The van der Waals surface area contributed by atoms with E-state index < -0.39 is 5.60 Å². The van der Waals surface area contributed by atoms with Crippen molar-refractivity contribution in [3.63, 3.8) is 0 Å². The average molecular weight is 283 g/mol. The molecule has 106 valence electrons. The number of likely N-dealkylation sites (tertiary alicyclic amines) is 1. The number of ether oxygens (including phenoxy) is 1. The topological polar surface area (TPSA) is 68.5 Å². The maximum atomic E-state index is 12.1. The van der Waals surface area contributed by atoms with Gasteiger partial charge in [0.15, 0.2) is 5.13 Å². The van der Waals surface area contributed by atoms with E-state index in [9.17, 15) is 4.79 Å². The van der Waals surface area contributed by atoms with Crippen LogP contribution in [0.5, 0.6) is 0 Å². The van der Waals surface area contributed by atoms with Crippen LogP contribution in [0.25, 0.3) is 0 Å². The largest absolute Gasteiger partial charge is 0.444 e. The summed E-state index contributed by atoms with van der Waals surface area (Å²) in [4.78, 5) is 19.1. The minimum atomic E-state index is -0.445. The number of carbonyl (C=O) groups is 1. The monoisotopic (exact) mass is 283 g/mol. The number of anilines is 1. The highest BCUT2D eigenvalue weighted by atomic mass is 32.1. The summed E-state index contributed by atoms with van der Waals surface area (Å²) in [6.45, 7) is 7.11. The summed E-state index contributed by atoms with van der Waals surface area (Å²) in [7, 11) is 0. The van der Waals surface area contributed by atoms with Gasteiger partial charge in [-0.2, -0.15) is 0 Å². The van der Waals surface area contributed by atoms with Crippen molar-refractivity contribution in [3.8, 4) is 0 Å². The highest BCUT2D eigenvalue weighted by molar-refractivity contribution is 7.15. The molecule has 1 aliphatic heterocycles. The van der Waals surface area contributed by atoms with Gasteiger partial charge < -0.3 is 15.4 Å². The molecule has 0 aromatic carbocycles. The SMILES string of the molecule is CC(C)(C)OC(=O)N1CCCC(c2cnc(N)s2)C1. The normalized spacial score (nSPS) is 20.4. The Bertz CT molecular complexity index is 453. The average Bonchev–Trinajstić information content (AvgIpc) is 2.74. The molecule has 2 rings (SSSR count). The van der Waals surface area contributed by atoms with Crippen molar-refractivity contribution in [2.45, 2.75) is 45.1 Å². The Labute approximate surface area is 117 Å². The zero-order valence-corrected chi connectivity index (χ0v) is 12.5. The molecular formula is C13H21N3O2S. The third-order valence-corrected chi connectivity index (χ3v) is 4.01. The van der Waals surface area contributed by atoms with E-state index >= 15 is 0 Å². The lowest BCUT2D eigenvalue weighted by Gasteiger charge is -2.33. The van der Waals surface area contributed by atoms with Crippen LogP contribution < -0.4 is 5.73 Å². The molecule has 6 heteroatoms. The number of thiazole rings is 1. The second-order valence-corrected chi connectivity index (χ2v) is 6.96. The molecule has 2 heterocycles. The first-order valence-corrected chi connectivity index (χ1v) is 7.36. The Kier molecular flexibility index (Phi) is 3.99. The van der Waals surface area contributed by atoms with Crippen molar-refractivity contribution in [2.75, 3.05) is 18.8 Å². The zero-order valence-electron chi connectivity index (χ0n) is 11.7. The third-order valence-electron chi connectivity index (χ3n) is 3.02. The van der Waals surface area contributed by atoms with E-state index in [1.54, 1.807) is 4.90 Å². The number of hydrogen-bond donors (Lipinski definition) is 1. The number of piperidine rings is 1. The number of nitrogens with two attached hydrogens (primary N) is 1. The van der Waals surface area contributed by atoms with Gasteiger partial charge in [-0.25, -0.2) is 9.78 Å². The number of aromatic nitrogens is 1. The number of nitrogens with zero attached hydrogens (tertiary/aromatic N) is 2. The second kappa shape index (κ2) is 5.36. The summed E-state index contributed by atoms with van der Waals surface area (Å²) in [5.74, 6) is 0.330. The van der Waals surface area contributed by atoms with Crippen molar-refractivity contribution in [1.29, 1.82) is 0 Å². The number of carbonyl (C=O) groups excluding carboxylic acids is 1. The van der Waals surface area contributed by atoms with Gasteiger partial charge in [0, 0.05) is 30.1 Å². The molecule has 0 aliphatic carbocycles. The van der Waals surface area contributed by atoms with Crippen LogP contribution in [0.15, 0.2) is 6.20 Å². The molecule has 0 bridgehead atoms. The fraction of sp³-hybridized carbons (Fsp3) is 0.692. The van der Waals surface area contributed by atoms with E-state index in [4.69, 9.17) is 10.5 Å². The molecule has 1 fully saturated rings. The molecule has 1 atom stereocenters. The van der Waals surface area contributed by atoms with Gasteiger partial charge >= 0.3 is 6.09 Å². The maximum Gasteiger partial charge on any atom is 0.410 e. The first-order chi connectivity index (χ1) is 8.85. The minimum absolute atomic E-state index is 0.227. The first-order valence-electron chi connectivity index (χ1n) is 6.54. The molecule has 1 aromatic rings. The molecule has 2 N–H and O–H groups in total. The fourth-order valence-corrected chi connectivity index (χ4v) is 3.00. The summed E-state index contributed by atoms with van der Waals surface area (Å²) in [6.07, 6.45) is 3.65. The Hall–Kier alpha value is -1.30. The minimum Gasteiger partial charge on any atom is -0.444 e. The highest BCUT2D eigenvalue weighted by Crippen LogP contribution is 2.31. The molecule has 0 saturated carbocycles. The highest BCUT2D eigenvalue weighted by Gasteiger charge is 2.29. The number of rotatable bonds is 1. The van der Waals surface area contributed by atoms with Gasteiger partial charge in [0.25, 0.3) is 0 Å². The van der Waals surface area contributed by atoms with Crippen molar-refractivity contribution >= 4 is 22.6 Å². The summed E-state index contributed by atoms with van der Waals surface area (Å²) >= 11 is 1.51. The maximum absolute atomic E-state index is 12.1. The smallest absolute Gasteiger partial charge is 0.410 e. The summed E-state index contributed by atoms with van der Waals surface area (Å²) < 4.78 is 5.42. The van der Waals surface area contributed by atoms with Gasteiger partial charge in [-0.3, -0.25) is 0 Å². The fourth-order valence-electron chi connectivity index (χ4n) is 2.19. The van der Waals surface area contributed by atoms with E-state index in [1.165, 1.54) is 11.3 Å². The summed E-state index contributed by atoms with van der Waals surface area (Å²) in [6, 6.07) is 0. The van der Waals surface area contributed by atoms with Gasteiger partial charge in [-0.05, 0) is 33.6 Å². The molecule has 0 radical (unpaired) electrons. The van der Waals surface area contributed by atoms with E-state index in [-0.39, 0.29) is 6.09 Å². The van der Waals surface area contributed by atoms with Gasteiger partial charge in [0.2, 0.25) is 0 Å². The number of hydrogen-bond acceptors (Lipinski definition) is 5. The van der Waals surface area contributed by atoms with Gasteiger partial charge in [0.1, 0.15) is 5.60 Å². The third kappa shape index (κ3) is 3.83. The van der Waals surface area contributed by atoms with Crippen LogP contribution in [0.4, 0.5) is 9.93 Å². The molecule has 1 aromatic heterocycles. The van der Waals surface area contributed by atoms with E-state index in [0.717, 1.165) is 24.3 Å². The number of nitrogen functional groups attached to an aromatic ring is 1. The first kappa shape index (κ1) is 14.1.